The molecule has 1 aromatic heterocycles. The predicted molar refractivity (Wildman–Crippen MR) is 69.8 cm³/mol. The minimum Gasteiger partial charge on any atom is -0.487 e. The van der Waals surface area contributed by atoms with Gasteiger partial charge in [0, 0.05) is 37.7 Å². The van der Waals surface area contributed by atoms with Crippen LogP contribution in [-0.2, 0) is 0 Å². The van der Waals surface area contributed by atoms with Crippen LogP contribution >= 0.6 is 11.6 Å². The fourth-order valence-electron chi connectivity index (χ4n) is 4.15. The topological polar surface area (TPSA) is 25.4 Å². The molecule has 4 bridgehead atoms. The second-order valence-corrected chi connectivity index (χ2v) is 6.37. The van der Waals surface area contributed by atoms with Gasteiger partial charge in [-0.15, -0.1) is 0 Å². The summed E-state index contributed by atoms with van der Waals surface area (Å²) >= 11 is 6.16. The predicted octanol–water partition coefficient (Wildman–Crippen LogP) is 2.45. The Morgan fingerprint density at radius 3 is 2.67 bits per heavy atom. The molecule has 18 heavy (non-hydrogen) atoms. The molecule has 1 saturated carbocycles. The van der Waals surface area contributed by atoms with Gasteiger partial charge in [-0.2, -0.15) is 0 Å². The van der Waals surface area contributed by atoms with Crippen LogP contribution in [0.2, 0.25) is 5.02 Å². The lowest BCUT2D eigenvalue weighted by Crippen LogP contribution is -2.61. The molecule has 0 radical (unpaired) electrons. The normalized spacial score (nSPS) is 41.1. The number of rotatable bonds is 2. The van der Waals surface area contributed by atoms with Gasteiger partial charge in [0.2, 0.25) is 0 Å². The van der Waals surface area contributed by atoms with Crippen molar-refractivity contribution in [3.05, 3.63) is 23.5 Å². The molecule has 4 heterocycles. The van der Waals surface area contributed by atoms with Crippen LogP contribution in [0.15, 0.2) is 18.5 Å². The zero-order valence-electron chi connectivity index (χ0n) is 10.3. The monoisotopic (exact) mass is 264 g/mol. The van der Waals surface area contributed by atoms with E-state index in [0.717, 1.165) is 11.7 Å². The van der Waals surface area contributed by atoms with E-state index in [-0.39, 0.29) is 0 Å². The summed E-state index contributed by atoms with van der Waals surface area (Å²) in [5.74, 6) is 3.04. The first-order valence-corrected chi connectivity index (χ1v) is 7.16. The van der Waals surface area contributed by atoms with Crippen molar-refractivity contribution in [1.82, 2.24) is 9.88 Å². The van der Waals surface area contributed by atoms with Gasteiger partial charge in [0.05, 0.1) is 11.2 Å². The lowest BCUT2D eigenvalue weighted by atomic mass is 9.66. The van der Waals surface area contributed by atoms with E-state index in [1.54, 1.807) is 18.5 Å². The van der Waals surface area contributed by atoms with Gasteiger partial charge in [0.15, 0.2) is 5.75 Å². The molecular weight excluding hydrogens is 248 g/mol. The Kier molecular flexibility index (Phi) is 2.52. The second-order valence-electron chi connectivity index (χ2n) is 5.96. The van der Waals surface area contributed by atoms with Crippen molar-refractivity contribution in [3.8, 4) is 5.75 Å². The van der Waals surface area contributed by atoms with E-state index in [0.29, 0.717) is 23.0 Å². The average molecular weight is 265 g/mol. The van der Waals surface area contributed by atoms with Gasteiger partial charge in [-0.1, -0.05) is 11.6 Å². The van der Waals surface area contributed by atoms with Gasteiger partial charge in [0.1, 0.15) is 6.10 Å². The quantitative estimate of drug-likeness (QED) is 0.821. The first-order valence-electron chi connectivity index (χ1n) is 6.78. The van der Waals surface area contributed by atoms with Crippen molar-refractivity contribution in [2.75, 3.05) is 19.6 Å². The third-order valence-electron chi connectivity index (χ3n) is 4.70. The van der Waals surface area contributed by atoms with E-state index in [1.165, 1.54) is 32.5 Å². The molecule has 96 valence electrons. The SMILES string of the molecule is Clc1ccncc1OC1C2CC3CC1CN(C3)C2. The minimum absolute atomic E-state index is 0.347. The van der Waals surface area contributed by atoms with E-state index in [4.69, 9.17) is 16.3 Å². The Bertz CT molecular complexity index is 437. The lowest BCUT2D eigenvalue weighted by molar-refractivity contribution is -0.0985. The van der Waals surface area contributed by atoms with Gasteiger partial charge in [-0.25, -0.2) is 0 Å². The highest BCUT2D eigenvalue weighted by Crippen LogP contribution is 2.45. The van der Waals surface area contributed by atoms with Crippen LogP contribution in [-0.4, -0.2) is 35.6 Å². The van der Waals surface area contributed by atoms with Crippen LogP contribution in [0, 0.1) is 17.8 Å². The Morgan fingerprint density at radius 2 is 2.00 bits per heavy atom. The standard InChI is InChI=1S/C14H17ClN2O/c15-12-1-2-16-5-13(12)18-14-10-3-9-4-11(14)8-17(6-9)7-10/h1-2,5,9-11,14H,3-4,6-8H2. The molecule has 0 aromatic carbocycles. The molecule has 0 N–H and O–H groups in total. The van der Waals surface area contributed by atoms with Crippen LogP contribution in [0.1, 0.15) is 12.8 Å². The molecular formula is C14H17ClN2O. The van der Waals surface area contributed by atoms with Gasteiger partial charge in [-0.3, -0.25) is 4.98 Å². The highest BCUT2D eigenvalue weighted by Gasteiger charge is 2.48. The number of halogens is 1. The number of hydrogen-bond donors (Lipinski definition) is 0. The van der Waals surface area contributed by atoms with E-state index in [2.05, 4.69) is 9.88 Å². The van der Waals surface area contributed by atoms with Crippen LogP contribution < -0.4 is 4.74 Å². The van der Waals surface area contributed by atoms with E-state index >= 15 is 0 Å². The highest BCUT2D eigenvalue weighted by atomic mass is 35.5. The van der Waals surface area contributed by atoms with E-state index in [9.17, 15) is 0 Å². The summed E-state index contributed by atoms with van der Waals surface area (Å²) in [5.41, 5.74) is 0. The molecule has 2 atom stereocenters. The van der Waals surface area contributed by atoms with Crippen molar-refractivity contribution in [3.63, 3.8) is 0 Å². The number of aromatic nitrogens is 1. The van der Waals surface area contributed by atoms with Crippen molar-refractivity contribution in [2.24, 2.45) is 17.8 Å². The molecule has 3 aliphatic heterocycles. The van der Waals surface area contributed by atoms with Crippen LogP contribution in [0.25, 0.3) is 0 Å². The molecule has 5 rings (SSSR count). The maximum absolute atomic E-state index is 6.20. The maximum atomic E-state index is 6.20. The summed E-state index contributed by atoms with van der Waals surface area (Å²) in [6.45, 7) is 3.72. The van der Waals surface area contributed by atoms with E-state index < -0.39 is 0 Å². The Hall–Kier alpha value is -0.800. The summed E-state index contributed by atoms with van der Waals surface area (Å²) in [4.78, 5) is 6.72. The van der Waals surface area contributed by atoms with Gasteiger partial charge in [0.25, 0.3) is 0 Å². The second kappa shape index (κ2) is 4.10. The number of piperidine rings is 3. The highest BCUT2D eigenvalue weighted by molar-refractivity contribution is 6.31. The summed E-state index contributed by atoms with van der Waals surface area (Å²) in [6.07, 6.45) is 6.45. The first-order chi connectivity index (χ1) is 8.79. The average Bonchev–Trinajstić information content (AvgIpc) is 2.35. The van der Waals surface area contributed by atoms with Gasteiger partial charge in [-0.05, 0) is 24.8 Å². The molecule has 2 unspecified atom stereocenters. The number of hydrogen-bond acceptors (Lipinski definition) is 3. The summed E-state index contributed by atoms with van der Waals surface area (Å²) in [6, 6.07) is 1.80. The molecule has 1 aliphatic carbocycles. The number of pyridine rings is 1. The van der Waals surface area contributed by atoms with E-state index in [1.807, 2.05) is 0 Å². The lowest BCUT2D eigenvalue weighted by Gasteiger charge is -2.55. The molecule has 0 spiro atoms. The van der Waals surface area contributed by atoms with Crippen molar-refractivity contribution < 1.29 is 4.74 Å². The summed E-state index contributed by atoms with van der Waals surface area (Å²) in [7, 11) is 0. The fraction of sp³-hybridized carbons (Fsp3) is 0.643. The molecule has 4 fully saturated rings. The van der Waals surface area contributed by atoms with Crippen molar-refractivity contribution >= 4 is 11.6 Å². The van der Waals surface area contributed by atoms with Crippen LogP contribution in [0.4, 0.5) is 0 Å². The summed E-state index contributed by atoms with van der Waals surface area (Å²) < 4.78 is 6.20. The van der Waals surface area contributed by atoms with Gasteiger partial charge >= 0.3 is 0 Å². The number of nitrogens with zero attached hydrogens (tertiary/aromatic N) is 2. The Morgan fingerprint density at radius 1 is 1.22 bits per heavy atom. The molecule has 1 aromatic rings. The van der Waals surface area contributed by atoms with Crippen molar-refractivity contribution in [1.29, 1.82) is 0 Å². The largest absolute Gasteiger partial charge is 0.487 e. The Balaban J connectivity index is 1.57. The van der Waals surface area contributed by atoms with Crippen LogP contribution in [0.3, 0.4) is 0 Å². The fourth-order valence-corrected chi connectivity index (χ4v) is 4.30. The van der Waals surface area contributed by atoms with Crippen molar-refractivity contribution in [2.45, 2.75) is 18.9 Å². The first kappa shape index (κ1) is 11.1. The molecule has 4 heteroatoms. The zero-order valence-corrected chi connectivity index (χ0v) is 11.0. The summed E-state index contributed by atoms with van der Waals surface area (Å²) in [5, 5.41) is 0.680. The minimum atomic E-state index is 0.347. The van der Waals surface area contributed by atoms with Crippen LogP contribution in [0.5, 0.6) is 5.75 Å². The number of ether oxygens (including phenoxy) is 1. The molecule has 4 aliphatic rings. The third-order valence-corrected chi connectivity index (χ3v) is 5.01. The molecule has 0 amide bonds. The smallest absolute Gasteiger partial charge is 0.156 e. The Labute approximate surface area is 112 Å². The zero-order chi connectivity index (χ0) is 12.1. The maximum Gasteiger partial charge on any atom is 0.156 e. The molecule has 3 saturated heterocycles. The third kappa shape index (κ3) is 1.72. The van der Waals surface area contributed by atoms with Gasteiger partial charge < -0.3 is 9.64 Å². The molecule has 3 nitrogen and oxygen atoms in total.